The third kappa shape index (κ3) is 4.80. The maximum absolute atomic E-state index is 12.9. The molecule has 6 N–H and O–H groups in total. The molecule has 19 heteroatoms. The van der Waals surface area contributed by atoms with Crippen LogP contribution in [0.4, 0.5) is 5.13 Å². The molecular weight excluding hydrogens is 574 g/mol. The number of carboxylic acid groups (broad SMARTS) is 1. The first-order valence-electron chi connectivity index (χ1n) is 10.9. The van der Waals surface area contributed by atoms with E-state index in [1.54, 1.807) is 6.92 Å². The normalized spacial score (nSPS) is 18.5. The molecule has 5 rings (SSSR count). The van der Waals surface area contributed by atoms with Crippen molar-refractivity contribution < 1.29 is 34.3 Å². The summed E-state index contributed by atoms with van der Waals surface area (Å²) in [5.74, 6) is -4.08. The topological polar surface area (TPSA) is 235 Å². The average Bonchev–Trinajstić information content (AvgIpc) is 3.52. The first-order valence-corrected chi connectivity index (χ1v) is 13.8. The number of nitrogens with zero attached hydrogens (tertiary/aromatic N) is 6. The number of aliphatic carboxylic acids is 1. The molecular formula is C20H17N9O7S3. The molecule has 2 atom stereocenters. The standard InChI is InChI=1S/C20H17N9O7S3/c1-6-22-20-24-8(14(31)27-36)2-10(29(20)26-6)37-3-7-4-38-17-11(16(33)28(17)12(7)18(34)35)25-15(32)13(30)9-5-39-19(21)23-9/h2,5,11,17,36H,3-4H2,1H3,(H2,21,23)(H,25,32)(H,27,31)(H,34,35)/t11-,17-/m1/s1. The number of ketones is 1. The Hall–Kier alpha value is -4.07. The molecule has 0 radical (unpaired) electrons. The lowest BCUT2D eigenvalue weighted by Gasteiger charge is -2.49. The quantitative estimate of drug-likeness (QED) is 0.0415. The zero-order chi connectivity index (χ0) is 28.0. The number of aryl methyl sites for hydroxylation is 1. The number of aromatic nitrogens is 5. The molecule has 1 fully saturated rings. The molecule has 0 spiro atoms. The SMILES string of the molecule is Cc1nc2nc(C(=O)NO)cc(SCC3=C(C(=O)O)N4C(=O)[C@@H](NC(=O)C(=O)c5csc(N)n5)[C@H]4SC3)n2n1. The van der Waals surface area contributed by atoms with Crippen molar-refractivity contribution in [1.82, 2.24) is 40.3 Å². The molecule has 3 aromatic heterocycles. The molecule has 2 aliphatic heterocycles. The van der Waals surface area contributed by atoms with Crippen molar-refractivity contribution in [2.75, 3.05) is 17.2 Å². The van der Waals surface area contributed by atoms with Gasteiger partial charge in [-0.2, -0.15) is 9.50 Å². The molecule has 0 unspecified atom stereocenters. The number of rotatable bonds is 8. The van der Waals surface area contributed by atoms with E-state index >= 15 is 0 Å². The molecule has 0 bridgehead atoms. The molecule has 3 amide bonds. The second kappa shape index (κ2) is 10.2. The summed E-state index contributed by atoms with van der Waals surface area (Å²) in [6.45, 7) is 1.63. The number of nitrogens with two attached hydrogens (primary N) is 1. The number of carboxylic acids is 1. The van der Waals surface area contributed by atoms with Gasteiger partial charge in [-0.25, -0.2) is 20.2 Å². The van der Waals surface area contributed by atoms with E-state index < -0.39 is 40.9 Å². The number of Topliss-reactive ketones (excluding diaryl/α,β-unsaturated/α-hetero) is 1. The zero-order valence-corrected chi connectivity index (χ0v) is 22.1. The van der Waals surface area contributed by atoms with E-state index in [1.165, 1.54) is 33.2 Å². The highest BCUT2D eigenvalue weighted by atomic mass is 32.2. The average molecular weight is 592 g/mol. The van der Waals surface area contributed by atoms with E-state index in [2.05, 4.69) is 25.4 Å². The number of carbonyl (C=O) groups excluding carboxylic acids is 4. The molecule has 1 saturated heterocycles. The Labute approximate surface area is 230 Å². The number of fused-ring (bicyclic) bond motifs is 2. The van der Waals surface area contributed by atoms with Crippen LogP contribution in [0.25, 0.3) is 5.78 Å². The first-order chi connectivity index (χ1) is 18.6. The summed E-state index contributed by atoms with van der Waals surface area (Å²) in [7, 11) is 0. The zero-order valence-electron chi connectivity index (χ0n) is 19.6. The molecule has 0 aromatic carbocycles. The van der Waals surface area contributed by atoms with Crippen LogP contribution < -0.4 is 16.5 Å². The fraction of sp³-hybridized carbons (Fsp3) is 0.250. The Morgan fingerprint density at radius 3 is 2.67 bits per heavy atom. The highest BCUT2D eigenvalue weighted by Crippen LogP contribution is 2.41. The van der Waals surface area contributed by atoms with Crippen molar-refractivity contribution in [1.29, 1.82) is 0 Å². The number of anilines is 1. The van der Waals surface area contributed by atoms with E-state index in [0.29, 0.717) is 16.4 Å². The number of nitrogens with one attached hydrogen (secondary N) is 2. The highest BCUT2D eigenvalue weighted by molar-refractivity contribution is 8.01. The van der Waals surface area contributed by atoms with Crippen molar-refractivity contribution in [2.24, 2.45) is 0 Å². The third-order valence-corrected chi connectivity index (χ3v) is 8.70. The van der Waals surface area contributed by atoms with Crippen molar-refractivity contribution in [3.8, 4) is 0 Å². The van der Waals surface area contributed by atoms with Crippen LogP contribution >= 0.6 is 34.9 Å². The number of carbonyl (C=O) groups is 5. The van der Waals surface area contributed by atoms with Gasteiger partial charge in [0.15, 0.2) is 5.13 Å². The van der Waals surface area contributed by atoms with Gasteiger partial charge in [-0.05, 0) is 12.5 Å². The van der Waals surface area contributed by atoms with Gasteiger partial charge >= 0.3 is 5.97 Å². The van der Waals surface area contributed by atoms with Crippen molar-refractivity contribution in [3.63, 3.8) is 0 Å². The van der Waals surface area contributed by atoms with Crippen LogP contribution in [-0.4, -0.2) is 92.2 Å². The Morgan fingerprint density at radius 1 is 1.23 bits per heavy atom. The number of amides is 3. The van der Waals surface area contributed by atoms with Crippen LogP contribution in [0.3, 0.4) is 0 Å². The summed E-state index contributed by atoms with van der Waals surface area (Å²) >= 11 is 3.35. The number of β-lactam (4-membered cyclic amide) rings is 1. The molecule has 202 valence electrons. The lowest BCUT2D eigenvalue weighted by molar-refractivity contribution is -0.150. The fourth-order valence-corrected chi connectivity index (χ4v) is 6.91. The summed E-state index contributed by atoms with van der Waals surface area (Å²) in [5.41, 5.74) is 6.91. The third-order valence-electron chi connectivity index (χ3n) is 5.61. The Morgan fingerprint density at radius 2 is 2.00 bits per heavy atom. The molecule has 5 heterocycles. The number of hydrogen-bond acceptors (Lipinski definition) is 14. The van der Waals surface area contributed by atoms with Crippen LogP contribution in [0.1, 0.15) is 26.8 Å². The van der Waals surface area contributed by atoms with Gasteiger partial charge in [-0.15, -0.1) is 40.0 Å². The summed E-state index contributed by atoms with van der Waals surface area (Å²) < 4.78 is 1.38. The van der Waals surface area contributed by atoms with E-state index in [4.69, 9.17) is 10.9 Å². The van der Waals surface area contributed by atoms with Gasteiger partial charge in [0.2, 0.25) is 0 Å². The number of thiazole rings is 1. The fourth-order valence-electron chi connectivity index (χ4n) is 3.89. The summed E-state index contributed by atoms with van der Waals surface area (Å²) in [5, 5.41) is 26.6. The lowest BCUT2D eigenvalue weighted by atomic mass is 10.0. The van der Waals surface area contributed by atoms with Gasteiger partial charge in [0.1, 0.15) is 39.4 Å². The second-order valence-electron chi connectivity index (χ2n) is 8.10. The Balaban J connectivity index is 1.35. The van der Waals surface area contributed by atoms with Gasteiger partial charge in [0.25, 0.3) is 29.3 Å². The van der Waals surface area contributed by atoms with Gasteiger partial charge in [0.05, 0.1) is 0 Å². The molecule has 2 aliphatic rings. The summed E-state index contributed by atoms with van der Waals surface area (Å²) in [6, 6.07) is 0.272. The number of nitrogen functional groups attached to an aromatic ring is 1. The summed E-state index contributed by atoms with van der Waals surface area (Å²) in [6.07, 6.45) is 0. The predicted molar refractivity (Wildman–Crippen MR) is 136 cm³/mol. The minimum Gasteiger partial charge on any atom is -0.477 e. The van der Waals surface area contributed by atoms with Crippen molar-refractivity contribution >= 4 is 75.2 Å². The molecule has 0 aliphatic carbocycles. The first kappa shape index (κ1) is 26.5. The Kier molecular flexibility index (Phi) is 6.97. The maximum atomic E-state index is 12.9. The minimum absolute atomic E-state index is 0.101. The van der Waals surface area contributed by atoms with Gasteiger partial charge in [-0.1, -0.05) is 0 Å². The van der Waals surface area contributed by atoms with Crippen LogP contribution in [0.15, 0.2) is 27.7 Å². The van der Waals surface area contributed by atoms with Crippen LogP contribution in [0.5, 0.6) is 0 Å². The van der Waals surface area contributed by atoms with E-state index in [9.17, 15) is 29.1 Å². The monoisotopic (exact) mass is 591 g/mol. The largest absolute Gasteiger partial charge is 0.477 e. The molecule has 39 heavy (non-hydrogen) atoms. The van der Waals surface area contributed by atoms with E-state index in [-0.39, 0.29) is 39.5 Å². The van der Waals surface area contributed by atoms with Gasteiger partial charge in [-0.3, -0.25) is 29.3 Å². The van der Waals surface area contributed by atoms with E-state index in [1.807, 2.05) is 0 Å². The van der Waals surface area contributed by atoms with Gasteiger partial charge in [0, 0.05) is 23.0 Å². The van der Waals surface area contributed by atoms with Crippen LogP contribution in [0.2, 0.25) is 0 Å². The minimum atomic E-state index is -1.33. The molecule has 3 aromatic rings. The second-order valence-corrected chi connectivity index (χ2v) is 11.1. The summed E-state index contributed by atoms with van der Waals surface area (Å²) in [4.78, 5) is 74.8. The van der Waals surface area contributed by atoms with Crippen LogP contribution in [0, 0.1) is 6.92 Å². The predicted octanol–water partition coefficient (Wildman–Crippen LogP) is -0.696. The Bertz CT molecular complexity index is 1600. The smallest absolute Gasteiger partial charge is 0.352 e. The molecule has 0 saturated carbocycles. The lowest BCUT2D eigenvalue weighted by Crippen LogP contribution is -2.71. The maximum Gasteiger partial charge on any atom is 0.352 e. The van der Waals surface area contributed by atoms with Gasteiger partial charge < -0.3 is 16.2 Å². The van der Waals surface area contributed by atoms with Crippen LogP contribution in [-0.2, 0) is 14.4 Å². The number of thioether (sulfide) groups is 2. The molecule has 16 nitrogen and oxygen atoms in total. The number of hydroxylamine groups is 1. The van der Waals surface area contributed by atoms with E-state index in [0.717, 1.165) is 28.0 Å². The highest BCUT2D eigenvalue weighted by Gasteiger charge is 2.54. The number of hydrogen-bond donors (Lipinski definition) is 5. The van der Waals surface area contributed by atoms with Crippen molar-refractivity contribution in [3.05, 3.63) is 39.9 Å². The van der Waals surface area contributed by atoms with Crippen molar-refractivity contribution in [2.45, 2.75) is 23.4 Å².